The van der Waals surface area contributed by atoms with E-state index in [-0.39, 0.29) is 6.03 Å². The Balaban J connectivity index is 1.70. The Kier molecular flexibility index (Phi) is 6.36. The summed E-state index contributed by atoms with van der Waals surface area (Å²) in [6.45, 7) is 7.15. The highest BCUT2D eigenvalue weighted by atomic mass is 35.5. The minimum Gasteiger partial charge on any atom is -0.366 e. The van der Waals surface area contributed by atoms with E-state index in [0.717, 1.165) is 49.8 Å². The van der Waals surface area contributed by atoms with Crippen molar-refractivity contribution in [2.45, 2.75) is 13.3 Å². The quantitative estimate of drug-likeness (QED) is 0.811. The first-order valence-electron chi connectivity index (χ1n) is 9.06. The molecule has 1 fully saturated rings. The summed E-state index contributed by atoms with van der Waals surface area (Å²) in [5.74, 6) is 0. The fourth-order valence-electron chi connectivity index (χ4n) is 3.26. The second-order valence-corrected chi connectivity index (χ2v) is 6.82. The molecule has 0 atom stereocenters. The van der Waals surface area contributed by atoms with Gasteiger partial charge in [0, 0.05) is 31.9 Å². The highest BCUT2D eigenvalue weighted by molar-refractivity contribution is 6.34. The maximum Gasteiger partial charge on any atom is 0.323 e. The van der Waals surface area contributed by atoms with Crippen LogP contribution in [-0.2, 0) is 0 Å². The predicted molar refractivity (Wildman–Crippen MR) is 109 cm³/mol. The first-order valence-corrected chi connectivity index (χ1v) is 9.44. The smallest absolute Gasteiger partial charge is 0.323 e. The number of carbonyl (C=O) groups excluding carboxylic acids is 1. The molecule has 0 bridgehead atoms. The van der Waals surface area contributed by atoms with Gasteiger partial charge in [-0.2, -0.15) is 0 Å². The zero-order valence-electron chi connectivity index (χ0n) is 15.0. The lowest BCUT2D eigenvalue weighted by atomic mass is 10.2. The molecule has 0 saturated carbocycles. The van der Waals surface area contributed by atoms with Crippen LogP contribution in [0.25, 0.3) is 0 Å². The van der Waals surface area contributed by atoms with Gasteiger partial charge in [0.05, 0.1) is 16.4 Å². The van der Waals surface area contributed by atoms with Crippen LogP contribution in [0.4, 0.5) is 21.9 Å². The van der Waals surface area contributed by atoms with Gasteiger partial charge in [-0.15, -0.1) is 0 Å². The molecule has 0 spiro atoms. The standard InChI is InChI=1S/C20H25ClN4O/c1-2-11-24-12-14-25(15-13-24)19-17(21)9-6-10-18(19)23-20(26)22-16-7-4-3-5-8-16/h3-10H,2,11-15H2,1H3,(H2,22,23,26). The first-order chi connectivity index (χ1) is 12.7. The largest absolute Gasteiger partial charge is 0.366 e. The molecular formula is C20H25ClN4O. The SMILES string of the molecule is CCCN1CCN(c2c(Cl)cccc2NC(=O)Nc2ccccc2)CC1. The molecule has 6 heteroatoms. The van der Waals surface area contributed by atoms with E-state index in [4.69, 9.17) is 11.6 Å². The molecule has 2 aromatic carbocycles. The van der Waals surface area contributed by atoms with Crippen molar-refractivity contribution in [3.05, 3.63) is 53.6 Å². The molecule has 138 valence electrons. The van der Waals surface area contributed by atoms with Crippen LogP contribution < -0.4 is 15.5 Å². The van der Waals surface area contributed by atoms with Crippen molar-refractivity contribution in [2.75, 3.05) is 48.3 Å². The molecule has 2 aromatic rings. The van der Waals surface area contributed by atoms with Crippen molar-refractivity contribution in [3.63, 3.8) is 0 Å². The normalized spacial score (nSPS) is 14.9. The van der Waals surface area contributed by atoms with E-state index in [2.05, 4.69) is 27.4 Å². The monoisotopic (exact) mass is 372 g/mol. The highest BCUT2D eigenvalue weighted by Gasteiger charge is 2.21. The third-order valence-corrected chi connectivity index (χ3v) is 4.80. The Morgan fingerprint density at radius 2 is 1.73 bits per heavy atom. The molecule has 0 unspecified atom stereocenters. The van der Waals surface area contributed by atoms with Gasteiger partial charge in [-0.25, -0.2) is 4.79 Å². The van der Waals surface area contributed by atoms with Gasteiger partial charge in [-0.05, 0) is 37.2 Å². The zero-order chi connectivity index (χ0) is 18.4. The minimum atomic E-state index is -0.274. The van der Waals surface area contributed by atoms with Crippen molar-refractivity contribution in [3.8, 4) is 0 Å². The van der Waals surface area contributed by atoms with Crippen LogP contribution in [0.2, 0.25) is 5.02 Å². The number of nitrogens with zero attached hydrogens (tertiary/aromatic N) is 2. The molecule has 1 heterocycles. The number of amides is 2. The average Bonchev–Trinajstić information content (AvgIpc) is 2.64. The van der Waals surface area contributed by atoms with E-state index in [0.29, 0.717) is 5.02 Å². The van der Waals surface area contributed by atoms with Gasteiger partial charge in [-0.3, -0.25) is 4.90 Å². The van der Waals surface area contributed by atoms with Crippen LogP contribution >= 0.6 is 11.6 Å². The number of hydrogen-bond donors (Lipinski definition) is 2. The van der Waals surface area contributed by atoms with Gasteiger partial charge >= 0.3 is 6.03 Å². The molecule has 1 aliphatic rings. The Hall–Kier alpha value is -2.24. The Morgan fingerprint density at radius 1 is 1.00 bits per heavy atom. The van der Waals surface area contributed by atoms with E-state index >= 15 is 0 Å². The number of nitrogens with one attached hydrogen (secondary N) is 2. The summed E-state index contributed by atoms with van der Waals surface area (Å²) >= 11 is 6.48. The van der Waals surface area contributed by atoms with Crippen LogP contribution in [0.5, 0.6) is 0 Å². The molecule has 1 aliphatic heterocycles. The van der Waals surface area contributed by atoms with E-state index in [1.807, 2.05) is 48.5 Å². The number of halogens is 1. The van der Waals surface area contributed by atoms with Gasteiger partial charge in [0.15, 0.2) is 0 Å². The number of piperazine rings is 1. The third-order valence-electron chi connectivity index (χ3n) is 4.49. The van der Waals surface area contributed by atoms with Crippen molar-refractivity contribution in [1.82, 2.24) is 4.90 Å². The van der Waals surface area contributed by atoms with Gasteiger partial charge in [0.2, 0.25) is 0 Å². The lowest BCUT2D eigenvalue weighted by Crippen LogP contribution is -2.46. The molecule has 0 aromatic heterocycles. The second kappa shape index (κ2) is 8.92. The molecule has 26 heavy (non-hydrogen) atoms. The molecule has 0 aliphatic carbocycles. The van der Waals surface area contributed by atoms with E-state index in [9.17, 15) is 4.79 Å². The number of para-hydroxylation sites is 2. The van der Waals surface area contributed by atoms with E-state index in [1.165, 1.54) is 6.42 Å². The Labute approximate surface area is 159 Å². The number of benzene rings is 2. The summed E-state index contributed by atoms with van der Waals surface area (Å²) in [6, 6.07) is 14.7. The Bertz CT molecular complexity index is 730. The number of carbonyl (C=O) groups is 1. The fourth-order valence-corrected chi connectivity index (χ4v) is 3.55. The molecular weight excluding hydrogens is 348 g/mol. The van der Waals surface area contributed by atoms with Crippen LogP contribution in [0, 0.1) is 0 Å². The molecule has 2 amide bonds. The molecule has 5 nitrogen and oxygen atoms in total. The summed E-state index contributed by atoms with van der Waals surface area (Å²) in [5, 5.41) is 6.45. The van der Waals surface area contributed by atoms with Crippen LogP contribution in [-0.4, -0.2) is 43.7 Å². The van der Waals surface area contributed by atoms with Crippen LogP contribution in [0.1, 0.15) is 13.3 Å². The van der Waals surface area contributed by atoms with Crippen LogP contribution in [0.3, 0.4) is 0 Å². The third kappa shape index (κ3) is 4.68. The van der Waals surface area contributed by atoms with Crippen molar-refractivity contribution >= 4 is 34.7 Å². The second-order valence-electron chi connectivity index (χ2n) is 6.41. The summed E-state index contributed by atoms with van der Waals surface area (Å²) < 4.78 is 0. The van der Waals surface area contributed by atoms with E-state index in [1.54, 1.807) is 0 Å². The lowest BCUT2D eigenvalue weighted by Gasteiger charge is -2.37. The van der Waals surface area contributed by atoms with Gasteiger partial charge in [0.1, 0.15) is 0 Å². The number of hydrogen-bond acceptors (Lipinski definition) is 3. The number of urea groups is 1. The first kappa shape index (κ1) is 18.5. The summed E-state index contributed by atoms with van der Waals surface area (Å²) in [5.41, 5.74) is 2.38. The Morgan fingerprint density at radius 3 is 2.42 bits per heavy atom. The summed E-state index contributed by atoms with van der Waals surface area (Å²) in [7, 11) is 0. The predicted octanol–water partition coefficient (Wildman–Crippen LogP) is 4.52. The van der Waals surface area contributed by atoms with Gasteiger partial charge in [-0.1, -0.05) is 42.8 Å². The average molecular weight is 373 g/mol. The highest BCUT2D eigenvalue weighted by Crippen LogP contribution is 2.34. The minimum absolute atomic E-state index is 0.274. The summed E-state index contributed by atoms with van der Waals surface area (Å²) in [4.78, 5) is 17.1. The van der Waals surface area contributed by atoms with Crippen molar-refractivity contribution in [1.29, 1.82) is 0 Å². The maximum atomic E-state index is 12.4. The zero-order valence-corrected chi connectivity index (χ0v) is 15.8. The molecule has 3 rings (SSSR count). The molecule has 2 N–H and O–H groups in total. The lowest BCUT2D eigenvalue weighted by molar-refractivity contribution is 0.258. The topological polar surface area (TPSA) is 47.6 Å². The van der Waals surface area contributed by atoms with Crippen molar-refractivity contribution in [2.24, 2.45) is 0 Å². The van der Waals surface area contributed by atoms with Gasteiger partial charge < -0.3 is 15.5 Å². The number of rotatable bonds is 5. The van der Waals surface area contributed by atoms with Gasteiger partial charge in [0.25, 0.3) is 0 Å². The van der Waals surface area contributed by atoms with Crippen LogP contribution in [0.15, 0.2) is 48.5 Å². The van der Waals surface area contributed by atoms with Crippen molar-refractivity contribution < 1.29 is 4.79 Å². The number of anilines is 3. The molecule has 1 saturated heterocycles. The molecule has 0 radical (unpaired) electrons. The van der Waals surface area contributed by atoms with E-state index < -0.39 is 0 Å². The fraction of sp³-hybridized carbons (Fsp3) is 0.350. The maximum absolute atomic E-state index is 12.4. The summed E-state index contributed by atoms with van der Waals surface area (Å²) in [6.07, 6.45) is 1.17.